The van der Waals surface area contributed by atoms with E-state index in [2.05, 4.69) is 72.8 Å². The summed E-state index contributed by atoms with van der Waals surface area (Å²) in [6, 6.07) is 27.2. The molecule has 4 aliphatic rings. The number of hydrogen-bond donors (Lipinski definition) is 0. The lowest BCUT2D eigenvalue weighted by molar-refractivity contribution is 0.821. The molecule has 0 saturated carbocycles. The maximum absolute atomic E-state index is 2.41. The fourth-order valence-electron chi connectivity index (χ4n) is 3.53. The third-order valence-corrected chi connectivity index (χ3v) is 4.90. The van der Waals surface area contributed by atoms with E-state index in [1.54, 1.807) is 0 Å². The summed E-state index contributed by atoms with van der Waals surface area (Å²) < 4.78 is 0. The van der Waals surface area contributed by atoms with Crippen LogP contribution in [-0.2, 0) is 25.7 Å². The van der Waals surface area contributed by atoms with E-state index in [0.29, 0.717) is 0 Å². The first-order valence-electron chi connectivity index (χ1n) is 8.63. The summed E-state index contributed by atoms with van der Waals surface area (Å²) >= 11 is 0. The van der Waals surface area contributed by atoms with Crippen molar-refractivity contribution in [3.63, 3.8) is 0 Å². The summed E-state index contributed by atoms with van der Waals surface area (Å²) in [5, 5.41) is 0. The van der Waals surface area contributed by atoms with E-state index in [-0.39, 0.29) is 0 Å². The summed E-state index contributed by atoms with van der Waals surface area (Å²) in [6.07, 6.45) is 5.74. The minimum absolute atomic E-state index is 1.11. The largest absolute Gasteiger partial charge is 0.0622 e. The van der Waals surface area contributed by atoms with Crippen LogP contribution in [0.15, 0.2) is 72.8 Å². The van der Waals surface area contributed by atoms with Crippen molar-refractivity contribution in [2.24, 2.45) is 0 Å². The Morgan fingerprint density at radius 2 is 1.17 bits per heavy atom. The molecule has 3 aromatic rings. The topological polar surface area (TPSA) is 0 Å². The third kappa shape index (κ3) is 3.22. The van der Waals surface area contributed by atoms with Gasteiger partial charge in [0.05, 0.1) is 0 Å². The van der Waals surface area contributed by atoms with Crippen LogP contribution in [0.4, 0.5) is 0 Å². The molecule has 0 heteroatoms. The Balaban J connectivity index is 1.74. The first-order valence-corrected chi connectivity index (χ1v) is 8.63. The highest BCUT2D eigenvalue weighted by Crippen LogP contribution is 2.27. The van der Waals surface area contributed by atoms with Gasteiger partial charge in [-0.25, -0.2) is 0 Å². The van der Waals surface area contributed by atoms with Crippen LogP contribution in [0.3, 0.4) is 0 Å². The van der Waals surface area contributed by atoms with E-state index < -0.39 is 0 Å². The molecule has 0 heterocycles. The van der Waals surface area contributed by atoms with Crippen molar-refractivity contribution in [1.29, 1.82) is 0 Å². The van der Waals surface area contributed by atoms with Gasteiger partial charge < -0.3 is 0 Å². The van der Waals surface area contributed by atoms with Crippen molar-refractivity contribution in [3.8, 4) is 11.1 Å². The molecule has 3 aromatic carbocycles. The van der Waals surface area contributed by atoms with Crippen molar-refractivity contribution in [3.05, 3.63) is 95.1 Å². The number of hydrogen-bond acceptors (Lipinski definition) is 0. The Labute approximate surface area is 138 Å². The molecular formula is C23H22. The molecule has 0 atom stereocenters. The van der Waals surface area contributed by atoms with Gasteiger partial charge in [-0.15, -0.1) is 0 Å². The quantitative estimate of drug-likeness (QED) is 0.546. The number of aryl methyl sites for hydroxylation is 4. The molecule has 0 aliphatic heterocycles. The van der Waals surface area contributed by atoms with Crippen LogP contribution in [0.5, 0.6) is 0 Å². The molecule has 4 bridgehead atoms. The van der Waals surface area contributed by atoms with Crippen molar-refractivity contribution < 1.29 is 0 Å². The van der Waals surface area contributed by atoms with Gasteiger partial charge in [-0.05, 0) is 65.5 Å². The lowest BCUT2D eigenvalue weighted by Crippen LogP contribution is -1.95. The second-order valence-corrected chi connectivity index (χ2v) is 6.53. The first kappa shape index (κ1) is 14.3. The average Bonchev–Trinajstić information content (AvgIpc) is 2.66. The zero-order valence-electron chi connectivity index (χ0n) is 13.5. The van der Waals surface area contributed by atoms with Gasteiger partial charge in [0.2, 0.25) is 0 Å². The molecule has 7 rings (SSSR count). The van der Waals surface area contributed by atoms with Gasteiger partial charge in [0.25, 0.3) is 0 Å². The molecule has 0 radical (unpaired) electrons. The fraction of sp³-hybridized carbons (Fsp3) is 0.217. The smallest absolute Gasteiger partial charge is 0.0149 e. The van der Waals surface area contributed by atoms with Crippen LogP contribution in [0, 0.1) is 0 Å². The highest BCUT2D eigenvalue weighted by atomic mass is 14.1. The molecule has 0 saturated heterocycles. The second kappa shape index (κ2) is 6.42. The molecule has 0 unspecified atom stereocenters. The monoisotopic (exact) mass is 298 g/mol. The predicted molar refractivity (Wildman–Crippen MR) is 97.8 cm³/mol. The molecule has 4 aliphatic carbocycles. The van der Waals surface area contributed by atoms with Gasteiger partial charge in [0.1, 0.15) is 0 Å². The van der Waals surface area contributed by atoms with Crippen LogP contribution >= 0.6 is 0 Å². The molecule has 114 valence electrons. The summed E-state index contributed by atoms with van der Waals surface area (Å²) in [5.41, 5.74) is 8.60. The minimum Gasteiger partial charge on any atom is -0.0622 e. The Morgan fingerprint density at radius 3 is 1.96 bits per heavy atom. The molecule has 0 aromatic heterocycles. The first-order chi connectivity index (χ1) is 11.4. The molecule has 0 fully saturated rings. The van der Waals surface area contributed by atoms with E-state index in [9.17, 15) is 0 Å². The molecule has 0 spiro atoms. The van der Waals surface area contributed by atoms with Crippen LogP contribution in [0.2, 0.25) is 0 Å². The van der Waals surface area contributed by atoms with Gasteiger partial charge in [-0.3, -0.25) is 0 Å². The molecular weight excluding hydrogens is 276 g/mol. The van der Waals surface area contributed by atoms with Crippen LogP contribution in [0.25, 0.3) is 11.1 Å². The molecule has 0 amide bonds. The van der Waals surface area contributed by atoms with Crippen LogP contribution < -0.4 is 0 Å². The molecule has 23 heavy (non-hydrogen) atoms. The number of benzene rings is 3. The van der Waals surface area contributed by atoms with Crippen LogP contribution in [-0.4, -0.2) is 0 Å². The summed E-state index contributed by atoms with van der Waals surface area (Å²) in [4.78, 5) is 0. The van der Waals surface area contributed by atoms with E-state index in [1.807, 2.05) is 0 Å². The van der Waals surface area contributed by atoms with Crippen molar-refractivity contribution in [2.45, 2.75) is 32.1 Å². The maximum Gasteiger partial charge on any atom is -0.0149 e. The predicted octanol–water partition coefficient (Wildman–Crippen LogP) is 5.63. The van der Waals surface area contributed by atoms with Gasteiger partial charge in [0.15, 0.2) is 0 Å². The highest BCUT2D eigenvalue weighted by molar-refractivity contribution is 5.68. The van der Waals surface area contributed by atoms with Crippen molar-refractivity contribution in [2.75, 3.05) is 0 Å². The van der Waals surface area contributed by atoms with E-state index >= 15 is 0 Å². The Kier molecular flexibility index (Phi) is 3.98. The van der Waals surface area contributed by atoms with Crippen molar-refractivity contribution in [1.82, 2.24) is 0 Å². The summed E-state index contributed by atoms with van der Waals surface area (Å²) in [6.45, 7) is 0. The number of rotatable bonds is 1. The summed E-state index contributed by atoms with van der Waals surface area (Å²) in [5.74, 6) is 0. The summed E-state index contributed by atoms with van der Waals surface area (Å²) in [7, 11) is 0. The Hall–Kier alpha value is -2.34. The van der Waals surface area contributed by atoms with Gasteiger partial charge >= 0.3 is 0 Å². The lowest BCUT2D eigenvalue weighted by Gasteiger charge is -2.12. The van der Waals surface area contributed by atoms with Gasteiger partial charge in [-0.1, -0.05) is 72.8 Å². The fourth-order valence-corrected chi connectivity index (χ4v) is 3.53. The van der Waals surface area contributed by atoms with Crippen molar-refractivity contribution >= 4 is 0 Å². The molecule has 0 nitrogen and oxygen atoms in total. The zero-order chi connectivity index (χ0) is 15.5. The van der Waals surface area contributed by atoms with E-state index in [4.69, 9.17) is 0 Å². The standard InChI is InChI=1S/C23H22/c1-2-6-21(7-3-1)23-17-20-14-13-19-11-9-18(10-12-19)5-4-8-22(23)16-15-20/h1-3,6-7,9-12,15-17H,4-5,8,13-14H2. The Morgan fingerprint density at radius 1 is 0.522 bits per heavy atom. The van der Waals surface area contributed by atoms with E-state index in [1.165, 1.54) is 39.8 Å². The van der Waals surface area contributed by atoms with Gasteiger partial charge in [-0.2, -0.15) is 0 Å². The normalized spacial score (nSPS) is 14.1. The highest BCUT2D eigenvalue weighted by Gasteiger charge is 2.08. The zero-order valence-corrected chi connectivity index (χ0v) is 13.5. The lowest BCUT2D eigenvalue weighted by atomic mass is 9.93. The van der Waals surface area contributed by atoms with E-state index in [0.717, 1.165) is 25.7 Å². The third-order valence-electron chi connectivity index (χ3n) is 4.90. The second-order valence-electron chi connectivity index (χ2n) is 6.53. The SMILES string of the molecule is c1ccc(-c2cc3ccc2CCCc2ccc(cc2)CC3)cc1. The minimum atomic E-state index is 1.11. The maximum atomic E-state index is 2.41. The molecule has 0 N–H and O–H groups in total. The Bertz CT molecular complexity index is 782. The van der Waals surface area contributed by atoms with Crippen LogP contribution in [0.1, 0.15) is 28.7 Å². The van der Waals surface area contributed by atoms with Gasteiger partial charge in [0, 0.05) is 0 Å². The average molecular weight is 298 g/mol.